The van der Waals surface area contributed by atoms with E-state index in [9.17, 15) is 5.11 Å². The van der Waals surface area contributed by atoms with Crippen molar-refractivity contribution in [3.63, 3.8) is 0 Å². The highest BCUT2D eigenvalue weighted by atomic mass is 79.9. The van der Waals surface area contributed by atoms with E-state index < -0.39 is 6.10 Å². The van der Waals surface area contributed by atoms with Gasteiger partial charge in [0.05, 0.1) is 22.0 Å². The summed E-state index contributed by atoms with van der Waals surface area (Å²) in [5, 5.41) is 14.6. The highest BCUT2D eigenvalue weighted by Gasteiger charge is 2.17. The van der Waals surface area contributed by atoms with Crippen LogP contribution in [0.3, 0.4) is 0 Å². The van der Waals surface area contributed by atoms with Gasteiger partial charge in [0.2, 0.25) is 0 Å². The summed E-state index contributed by atoms with van der Waals surface area (Å²) in [6.45, 7) is 3.90. The Labute approximate surface area is 115 Å². The van der Waals surface area contributed by atoms with Crippen molar-refractivity contribution in [2.24, 2.45) is 7.05 Å². The molecule has 0 saturated carbocycles. The molecule has 2 aromatic rings. The topological polar surface area (TPSA) is 50.9 Å². The molecular formula is C13H16BrN3O. The molecule has 5 heteroatoms. The number of aryl methyl sites for hydroxylation is 3. The number of aliphatic hydroxyl groups is 1. The minimum absolute atomic E-state index is 0.531. The summed E-state index contributed by atoms with van der Waals surface area (Å²) >= 11 is 3.51. The molecule has 18 heavy (non-hydrogen) atoms. The summed E-state index contributed by atoms with van der Waals surface area (Å²) in [4.78, 5) is 4.04. The molecule has 0 aliphatic rings. The quantitative estimate of drug-likeness (QED) is 0.947. The zero-order valence-electron chi connectivity index (χ0n) is 10.7. The number of hydrogen-bond acceptors (Lipinski definition) is 3. The van der Waals surface area contributed by atoms with E-state index in [1.165, 1.54) is 0 Å². The zero-order valence-corrected chi connectivity index (χ0v) is 12.3. The lowest BCUT2D eigenvalue weighted by molar-refractivity contribution is 0.174. The van der Waals surface area contributed by atoms with Gasteiger partial charge in [0.15, 0.2) is 0 Å². The predicted octanol–water partition coefficient (Wildman–Crippen LogP) is 2.47. The number of halogens is 1. The van der Waals surface area contributed by atoms with Gasteiger partial charge in [-0.1, -0.05) is 0 Å². The van der Waals surface area contributed by atoms with Crippen LogP contribution in [-0.2, 0) is 13.5 Å². The average Bonchev–Trinajstić information content (AvgIpc) is 2.56. The normalized spacial score (nSPS) is 12.7. The van der Waals surface area contributed by atoms with E-state index in [-0.39, 0.29) is 0 Å². The van der Waals surface area contributed by atoms with Crippen LogP contribution in [0.1, 0.15) is 28.6 Å². The third kappa shape index (κ3) is 2.47. The Bertz CT molecular complexity index is 565. The molecule has 0 aromatic carbocycles. The Morgan fingerprint density at radius 3 is 2.72 bits per heavy atom. The van der Waals surface area contributed by atoms with Gasteiger partial charge in [0.1, 0.15) is 0 Å². The number of aromatic nitrogens is 3. The van der Waals surface area contributed by atoms with Gasteiger partial charge in [-0.15, -0.1) is 0 Å². The van der Waals surface area contributed by atoms with Crippen molar-refractivity contribution in [2.45, 2.75) is 26.4 Å². The first-order valence-corrected chi connectivity index (χ1v) is 6.56. The van der Waals surface area contributed by atoms with Crippen molar-refractivity contribution in [1.82, 2.24) is 14.8 Å². The molecule has 0 fully saturated rings. The summed E-state index contributed by atoms with van der Waals surface area (Å²) in [7, 11) is 1.89. The maximum absolute atomic E-state index is 10.3. The van der Waals surface area contributed by atoms with E-state index in [0.717, 1.165) is 27.0 Å². The molecule has 96 valence electrons. The van der Waals surface area contributed by atoms with Crippen LogP contribution in [0.15, 0.2) is 22.9 Å². The molecule has 1 N–H and O–H groups in total. The lowest BCUT2D eigenvalue weighted by Gasteiger charge is -2.13. The summed E-state index contributed by atoms with van der Waals surface area (Å²) in [6, 6.07) is 1.86. The fourth-order valence-corrected chi connectivity index (χ4v) is 2.55. The molecule has 2 aromatic heterocycles. The number of nitrogens with zero attached hydrogens (tertiary/aromatic N) is 3. The molecule has 2 heterocycles. The monoisotopic (exact) mass is 309 g/mol. The molecule has 1 atom stereocenters. The molecular weight excluding hydrogens is 294 g/mol. The van der Waals surface area contributed by atoms with Crippen LogP contribution in [0.5, 0.6) is 0 Å². The molecule has 0 amide bonds. The zero-order chi connectivity index (χ0) is 13.3. The maximum Gasteiger partial charge on any atom is 0.0849 e. The fourth-order valence-electron chi connectivity index (χ4n) is 2.05. The van der Waals surface area contributed by atoms with Crippen LogP contribution in [0.4, 0.5) is 0 Å². The van der Waals surface area contributed by atoms with Gasteiger partial charge >= 0.3 is 0 Å². The smallest absolute Gasteiger partial charge is 0.0849 e. The van der Waals surface area contributed by atoms with Crippen molar-refractivity contribution >= 4 is 15.9 Å². The molecule has 2 rings (SSSR count). The van der Waals surface area contributed by atoms with E-state index >= 15 is 0 Å². The summed E-state index contributed by atoms with van der Waals surface area (Å²) in [5.41, 5.74) is 3.85. The van der Waals surface area contributed by atoms with Crippen LogP contribution in [0.2, 0.25) is 0 Å². The second-order valence-corrected chi connectivity index (χ2v) is 5.21. The summed E-state index contributed by atoms with van der Waals surface area (Å²) < 4.78 is 2.77. The van der Waals surface area contributed by atoms with E-state index in [0.29, 0.717) is 6.42 Å². The van der Waals surface area contributed by atoms with E-state index in [1.807, 2.05) is 27.0 Å². The minimum Gasteiger partial charge on any atom is -0.388 e. The maximum atomic E-state index is 10.3. The third-order valence-corrected chi connectivity index (χ3v) is 4.10. The fraction of sp³-hybridized carbons (Fsp3) is 0.385. The second kappa shape index (κ2) is 5.20. The third-order valence-electron chi connectivity index (χ3n) is 3.07. The Morgan fingerprint density at radius 1 is 1.44 bits per heavy atom. The Morgan fingerprint density at radius 2 is 2.17 bits per heavy atom. The Hall–Kier alpha value is -1.20. The Balaban J connectivity index is 2.27. The van der Waals surface area contributed by atoms with Gasteiger partial charge < -0.3 is 5.11 Å². The van der Waals surface area contributed by atoms with Gasteiger partial charge in [-0.2, -0.15) is 5.10 Å². The lowest BCUT2D eigenvalue weighted by Crippen LogP contribution is -2.08. The van der Waals surface area contributed by atoms with Crippen LogP contribution in [0, 0.1) is 13.8 Å². The number of rotatable bonds is 3. The van der Waals surface area contributed by atoms with Crippen molar-refractivity contribution in [3.05, 3.63) is 45.4 Å². The number of hydrogen-bond donors (Lipinski definition) is 1. The van der Waals surface area contributed by atoms with Crippen molar-refractivity contribution in [3.8, 4) is 0 Å². The minimum atomic E-state index is -0.543. The highest BCUT2D eigenvalue weighted by Crippen LogP contribution is 2.26. The first-order valence-electron chi connectivity index (χ1n) is 5.77. The van der Waals surface area contributed by atoms with Crippen molar-refractivity contribution in [1.29, 1.82) is 0 Å². The first kappa shape index (κ1) is 13.2. The van der Waals surface area contributed by atoms with E-state index in [4.69, 9.17) is 0 Å². The molecule has 0 bridgehead atoms. The predicted molar refractivity (Wildman–Crippen MR) is 73.3 cm³/mol. The van der Waals surface area contributed by atoms with Gasteiger partial charge in [-0.25, -0.2) is 0 Å². The standard InChI is InChI=1S/C13H16BrN3O/c1-8-7-15-5-4-10(8)12(18)6-11-13(14)9(2)16-17(11)3/h4-5,7,12,18H,6H2,1-3H3. The average molecular weight is 310 g/mol. The van der Waals surface area contributed by atoms with Crippen molar-refractivity contribution < 1.29 is 5.11 Å². The Kier molecular flexibility index (Phi) is 3.82. The van der Waals surface area contributed by atoms with Crippen LogP contribution >= 0.6 is 15.9 Å². The SMILES string of the molecule is Cc1cnccc1C(O)Cc1c(Br)c(C)nn1C. The van der Waals surface area contributed by atoms with Gasteiger partial charge in [-0.05, 0) is 47.0 Å². The second-order valence-electron chi connectivity index (χ2n) is 4.42. The molecule has 0 aliphatic carbocycles. The molecule has 0 saturated heterocycles. The molecule has 0 spiro atoms. The molecule has 0 aliphatic heterocycles. The largest absolute Gasteiger partial charge is 0.388 e. The molecule has 1 unspecified atom stereocenters. The van der Waals surface area contributed by atoms with Crippen LogP contribution in [0.25, 0.3) is 0 Å². The van der Waals surface area contributed by atoms with E-state index in [1.54, 1.807) is 17.1 Å². The summed E-state index contributed by atoms with van der Waals surface area (Å²) in [6.07, 6.45) is 3.46. The number of aliphatic hydroxyl groups excluding tert-OH is 1. The van der Waals surface area contributed by atoms with Gasteiger partial charge in [0, 0.05) is 25.9 Å². The summed E-state index contributed by atoms with van der Waals surface area (Å²) in [5.74, 6) is 0. The van der Waals surface area contributed by atoms with Crippen LogP contribution < -0.4 is 0 Å². The van der Waals surface area contributed by atoms with Crippen molar-refractivity contribution in [2.75, 3.05) is 0 Å². The van der Waals surface area contributed by atoms with Gasteiger partial charge in [-0.3, -0.25) is 9.67 Å². The number of pyridine rings is 1. The molecule has 4 nitrogen and oxygen atoms in total. The van der Waals surface area contributed by atoms with Crippen LogP contribution in [-0.4, -0.2) is 19.9 Å². The molecule has 0 radical (unpaired) electrons. The highest BCUT2D eigenvalue weighted by molar-refractivity contribution is 9.10. The van der Waals surface area contributed by atoms with Gasteiger partial charge in [0.25, 0.3) is 0 Å². The van der Waals surface area contributed by atoms with E-state index in [2.05, 4.69) is 26.0 Å². The lowest BCUT2D eigenvalue weighted by atomic mass is 10.0. The first-order chi connectivity index (χ1) is 8.50.